The number of rotatable bonds is 9. The van der Waals surface area contributed by atoms with E-state index in [4.69, 9.17) is 10.8 Å². The van der Waals surface area contributed by atoms with Gasteiger partial charge in [0.2, 0.25) is 5.91 Å². The van der Waals surface area contributed by atoms with E-state index in [0.717, 1.165) is 6.54 Å². The zero-order valence-corrected chi connectivity index (χ0v) is 11.6. The van der Waals surface area contributed by atoms with Gasteiger partial charge in [-0.15, -0.1) is 0 Å². The lowest BCUT2D eigenvalue weighted by Gasteiger charge is -2.17. The number of carboxylic acids is 1. The van der Waals surface area contributed by atoms with Crippen molar-refractivity contribution in [1.82, 2.24) is 15.5 Å². The van der Waals surface area contributed by atoms with Crippen molar-refractivity contribution in [3.8, 4) is 0 Å². The Bertz CT molecular complexity index is 370. The summed E-state index contributed by atoms with van der Waals surface area (Å²) in [5.41, 5.74) is 4.95. The van der Waals surface area contributed by atoms with E-state index in [0.29, 0.717) is 12.6 Å². The smallest absolute Gasteiger partial charge is 0.326 e. The average molecular weight is 286 g/mol. The molecule has 0 saturated heterocycles. The Kier molecular flexibility index (Phi) is 6.23. The maximum Gasteiger partial charge on any atom is 0.326 e. The molecule has 20 heavy (non-hydrogen) atoms. The molecule has 3 amide bonds. The van der Waals surface area contributed by atoms with Gasteiger partial charge in [-0.2, -0.15) is 0 Å². The number of amides is 3. The first kappa shape index (κ1) is 16.2. The number of primary amides is 1. The first-order valence-corrected chi connectivity index (χ1v) is 6.66. The molecule has 0 aromatic heterocycles. The van der Waals surface area contributed by atoms with Crippen molar-refractivity contribution >= 4 is 17.9 Å². The predicted octanol–water partition coefficient (Wildman–Crippen LogP) is -0.901. The SMILES string of the molecule is CN(CCNC(=O)N[C@H](CCC(N)=O)C(=O)O)C1CC1. The summed E-state index contributed by atoms with van der Waals surface area (Å²) < 4.78 is 0. The summed E-state index contributed by atoms with van der Waals surface area (Å²) in [6.45, 7) is 1.16. The molecule has 1 atom stereocenters. The molecular weight excluding hydrogens is 264 g/mol. The number of carbonyl (C=O) groups is 3. The third-order valence-corrected chi connectivity index (χ3v) is 3.20. The van der Waals surface area contributed by atoms with Crippen molar-refractivity contribution in [2.24, 2.45) is 5.73 Å². The fraction of sp³-hybridized carbons (Fsp3) is 0.750. The van der Waals surface area contributed by atoms with Crippen LogP contribution in [0.15, 0.2) is 0 Å². The van der Waals surface area contributed by atoms with Gasteiger partial charge in [-0.1, -0.05) is 0 Å². The summed E-state index contributed by atoms with van der Waals surface area (Å²) in [5.74, 6) is -1.78. The number of carboxylic acid groups (broad SMARTS) is 1. The van der Waals surface area contributed by atoms with E-state index in [9.17, 15) is 14.4 Å². The number of urea groups is 1. The van der Waals surface area contributed by atoms with Crippen LogP contribution in [0.2, 0.25) is 0 Å². The van der Waals surface area contributed by atoms with Gasteiger partial charge in [-0.05, 0) is 26.3 Å². The number of nitrogens with zero attached hydrogens (tertiary/aromatic N) is 1. The molecule has 0 radical (unpaired) electrons. The highest BCUT2D eigenvalue weighted by Crippen LogP contribution is 2.24. The molecule has 0 aliphatic heterocycles. The van der Waals surface area contributed by atoms with Gasteiger partial charge in [-0.3, -0.25) is 4.79 Å². The van der Waals surface area contributed by atoms with Crippen LogP contribution in [-0.4, -0.2) is 60.1 Å². The van der Waals surface area contributed by atoms with E-state index in [2.05, 4.69) is 15.5 Å². The van der Waals surface area contributed by atoms with E-state index in [1.807, 2.05) is 7.05 Å². The fourth-order valence-corrected chi connectivity index (χ4v) is 1.80. The number of nitrogens with one attached hydrogen (secondary N) is 2. The Labute approximate surface area is 117 Å². The molecule has 1 fully saturated rings. The van der Waals surface area contributed by atoms with Gasteiger partial charge in [-0.25, -0.2) is 9.59 Å². The van der Waals surface area contributed by atoms with Crippen LogP contribution in [0.5, 0.6) is 0 Å². The van der Waals surface area contributed by atoms with Crippen LogP contribution in [0.4, 0.5) is 4.79 Å². The predicted molar refractivity (Wildman–Crippen MR) is 72.0 cm³/mol. The highest BCUT2D eigenvalue weighted by molar-refractivity contribution is 5.83. The summed E-state index contributed by atoms with van der Waals surface area (Å²) in [7, 11) is 1.99. The number of likely N-dealkylation sites (N-methyl/N-ethyl adjacent to an activating group) is 1. The van der Waals surface area contributed by atoms with Crippen LogP contribution >= 0.6 is 0 Å². The Morgan fingerprint density at radius 3 is 2.55 bits per heavy atom. The van der Waals surface area contributed by atoms with Gasteiger partial charge >= 0.3 is 12.0 Å². The molecule has 0 bridgehead atoms. The van der Waals surface area contributed by atoms with Crippen LogP contribution in [0.3, 0.4) is 0 Å². The molecule has 8 nitrogen and oxygen atoms in total. The summed E-state index contributed by atoms with van der Waals surface area (Å²) in [6, 6.07) is -1.04. The summed E-state index contributed by atoms with van der Waals surface area (Å²) >= 11 is 0. The molecular formula is C12H22N4O4. The topological polar surface area (TPSA) is 125 Å². The van der Waals surface area contributed by atoms with Crippen molar-refractivity contribution in [2.75, 3.05) is 20.1 Å². The first-order chi connectivity index (χ1) is 9.40. The highest BCUT2D eigenvalue weighted by atomic mass is 16.4. The highest BCUT2D eigenvalue weighted by Gasteiger charge is 2.25. The fourth-order valence-electron chi connectivity index (χ4n) is 1.80. The summed E-state index contributed by atoms with van der Waals surface area (Å²) in [4.78, 5) is 35.3. The molecule has 1 rings (SSSR count). The van der Waals surface area contributed by atoms with Crippen LogP contribution in [0, 0.1) is 0 Å². The van der Waals surface area contributed by atoms with Crippen molar-refractivity contribution in [2.45, 2.75) is 37.8 Å². The van der Waals surface area contributed by atoms with Gasteiger partial charge in [0.05, 0.1) is 0 Å². The third-order valence-electron chi connectivity index (χ3n) is 3.20. The first-order valence-electron chi connectivity index (χ1n) is 6.66. The Hall–Kier alpha value is -1.83. The lowest BCUT2D eigenvalue weighted by Crippen LogP contribution is -2.47. The van der Waals surface area contributed by atoms with Crippen molar-refractivity contribution in [1.29, 1.82) is 0 Å². The van der Waals surface area contributed by atoms with Gasteiger partial charge in [0.25, 0.3) is 0 Å². The second kappa shape index (κ2) is 7.68. The Balaban J connectivity index is 2.22. The van der Waals surface area contributed by atoms with E-state index >= 15 is 0 Å². The molecule has 1 aliphatic rings. The molecule has 8 heteroatoms. The maximum atomic E-state index is 11.5. The molecule has 0 unspecified atom stereocenters. The third kappa shape index (κ3) is 6.37. The lowest BCUT2D eigenvalue weighted by molar-refractivity contribution is -0.139. The van der Waals surface area contributed by atoms with Gasteiger partial charge in [0.1, 0.15) is 6.04 Å². The van der Waals surface area contributed by atoms with Gasteiger partial charge in [0.15, 0.2) is 0 Å². The van der Waals surface area contributed by atoms with E-state index in [1.54, 1.807) is 0 Å². The monoisotopic (exact) mass is 286 g/mol. The van der Waals surface area contributed by atoms with Crippen LogP contribution in [-0.2, 0) is 9.59 Å². The Morgan fingerprint density at radius 1 is 1.40 bits per heavy atom. The van der Waals surface area contributed by atoms with Crippen molar-refractivity contribution < 1.29 is 19.5 Å². The molecule has 0 heterocycles. The minimum Gasteiger partial charge on any atom is -0.480 e. The zero-order chi connectivity index (χ0) is 15.1. The average Bonchev–Trinajstić information content (AvgIpc) is 3.17. The number of hydrogen-bond acceptors (Lipinski definition) is 4. The minimum atomic E-state index is -1.18. The largest absolute Gasteiger partial charge is 0.480 e. The quantitative estimate of drug-likeness (QED) is 0.437. The number of aliphatic carboxylic acids is 1. The molecule has 0 aromatic carbocycles. The number of hydrogen-bond donors (Lipinski definition) is 4. The zero-order valence-electron chi connectivity index (χ0n) is 11.6. The number of nitrogens with two attached hydrogens (primary N) is 1. The van der Waals surface area contributed by atoms with Gasteiger partial charge in [0, 0.05) is 25.6 Å². The summed E-state index contributed by atoms with van der Waals surface area (Å²) in [6.07, 6.45) is 2.29. The molecule has 5 N–H and O–H groups in total. The lowest BCUT2D eigenvalue weighted by atomic mass is 10.1. The minimum absolute atomic E-state index is 0.0138. The van der Waals surface area contributed by atoms with Gasteiger partial charge < -0.3 is 26.4 Å². The summed E-state index contributed by atoms with van der Waals surface area (Å²) in [5, 5.41) is 13.8. The van der Waals surface area contributed by atoms with E-state index in [1.165, 1.54) is 12.8 Å². The second-order valence-electron chi connectivity index (χ2n) is 5.01. The van der Waals surface area contributed by atoms with Crippen molar-refractivity contribution in [3.63, 3.8) is 0 Å². The van der Waals surface area contributed by atoms with Crippen LogP contribution < -0.4 is 16.4 Å². The Morgan fingerprint density at radius 2 is 2.05 bits per heavy atom. The molecule has 0 spiro atoms. The van der Waals surface area contributed by atoms with Crippen molar-refractivity contribution in [3.05, 3.63) is 0 Å². The molecule has 114 valence electrons. The number of carbonyl (C=O) groups excluding carboxylic acids is 2. The maximum absolute atomic E-state index is 11.5. The normalized spacial score (nSPS) is 15.7. The standard InChI is InChI=1S/C12H22N4O4/c1-16(8-2-3-8)7-6-14-12(20)15-9(11(18)19)4-5-10(13)17/h8-9H,2-7H2,1H3,(H2,13,17)(H,18,19)(H2,14,15,20)/t9-/m1/s1. The van der Waals surface area contributed by atoms with Crippen LogP contribution in [0.25, 0.3) is 0 Å². The molecule has 0 aromatic rings. The second-order valence-corrected chi connectivity index (χ2v) is 5.01. The molecule has 1 aliphatic carbocycles. The van der Waals surface area contributed by atoms with E-state index in [-0.39, 0.29) is 12.8 Å². The molecule has 1 saturated carbocycles. The van der Waals surface area contributed by atoms with Crippen LogP contribution in [0.1, 0.15) is 25.7 Å². The van der Waals surface area contributed by atoms with E-state index < -0.39 is 23.9 Å².